The number of nitrogens with zero attached hydrogens (tertiary/aromatic N) is 1. The van der Waals surface area contributed by atoms with E-state index in [1.165, 1.54) is 6.07 Å². The monoisotopic (exact) mass is 248 g/mol. The van der Waals surface area contributed by atoms with Gasteiger partial charge in [-0.1, -0.05) is 6.07 Å². The summed E-state index contributed by atoms with van der Waals surface area (Å²) in [5, 5.41) is 21.6. The van der Waals surface area contributed by atoms with E-state index in [9.17, 15) is 14.9 Å². The zero-order valence-electron chi connectivity index (χ0n) is 10.3. The number of benzene rings is 1. The molecule has 2 rings (SSSR count). The van der Waals surface area contributed by atoms with Gasteiger partial charge in [0, 0.05) is 24.7 Å². The Balaban J connectivity index is 1.99. The van der Waals surface area contributed by atoms with Gasteiger partial charge >= 0.3 is 7.05 Å². The van der Waals surface area contributed by atoms with Gasteiger partial charge in [0.25, 0.3) is 5.91 Å². The molecule has 1 amide bonds. The van der Waals surface area contributed by atoms with Crippen LogP contribution in [0, 0.1) is 0 Å². The first-order chi connectivity index (χ1) is 8.56. The zero-order chi connectivity index (χ0) is 13.1. The van der Waals surface area contributed by atoms with E-state index < -0.39 is 7.05 Å². The van der Waals surface area contributed by atoms with Gasteiger partial charge in [0.05, 0.1) is 0 Å². The number of nitrogens with one attached hydrogen (secondary N) is 1. The Labute approximate surface area is 107 Å². The molecule has 0 spiro atoms. The third kappa shape index (κ3) is 3.03. The summed E-state index contributed by atoms with van der Waals surface area (Å²) in [5.41, 5.74) is 0.493. The summed E-state index contributed by atoms with van der Waals surface area (Å²) >= 11 is 0. The number of carbonyl (C=O) groups is 1. The molecule has 1 heterocycles. The molecule has 5 nitrogen and oxygen atoms in total. The van der Waals surface area contributed by atoms with Crippen LogP contribution in [0.25, 0.3) is 0 Å². The predicted octanol–water partition coefficient (Wildman–Crippen LogP) is 0.307. The van der Waals surface area contributed by atoms with Crippen LogP contribution in [-0.4, -0.2) is 47.1 Å². The molecule has 1 saturated heterocycles. The Bertz CT molecular complexity index is 439. The summed E-state index contributed by atoms with van der Waals surface area (Å²) in [6, 6.07) is 6.49. The molecule has 3 N–H and O–H groups in total. The lowest BCUT2D eigenvalue weighted by Gasteiger charge is -2.17. The fraction of sp³-hybridized carbons (Fsp3) is 0.417. The Morgan fingerprint density at radius 2 is 2.33 bits per heavy atom. The van der Waals surface area contributed by atoms with E-state index in [4.69, 9.17) is 0 Å². The minimum absolute atomic E-state index is 0.0826. The van der Waals surface area contributed by atoms with Crippen LogP contribution in [-0.2, 0) is 0 Å². The number of hydrogen-bond donors (Lipinski definition) is 3. The van der Waals surface area contributed by atoms with Crippen molar-refractivity contribution in [3.05, 3.63) is 29.8 Å². The third-order valence-electron chi connectivity index (χ3n) is 3.05. The van der Waals surface area contributed by atoms with Gasteiger partial charge in [-0.25, -0.2) is 0 Å². The average Bonchev–Trinajstić information content (AvgIpc) is 2.75. The Hall–Kier alpha value is -1.53. The largest absolute Gasteiger partial charge is 0.508 e. The summed E-state index contributed by atoms with van der Waals surface area (Å²) < 4.78 is 0. The second-order valence-electron chi connectivity index (χ2n) is 4.63. The summed E-state index contributed by atoms with van der Waals surface area (Å²) in [6.45, 7) is 2.91. The Kier molecular flexibility index (Phi) is 3.89. The molecule has 0 saturated carbocycles. The molecule has 6 heteroatoms. The lowest BCUT2D eigenvalue weighted by atomic mass is 9.87. The van der Waals surface area contributed by atoms with E-state index in [-0.39, 0.29) is 17.7 Å². The maximum atomic E-state index is 12.2. The number of aromatic hydroxyl groups is 1. The van der Waals surface area contributed by atoms with E-state index in [1.807, 2.05) is 0 Å². The van der Waals surface area contributed by atoms with Crippen molar-refractivity contribution in [2.45, 2.75) is 19.3 Å². The lowest BCUT2D eigenvalue weighted by Crippen LogP contribution is -2.42. The number of rotatable bonds is 3. The van der Waals surface area contributed by atoms with Crippen LogP contribution in [0.2, 0.25) is 6.82 Å². The van der Waals surface area contributed by atoms with Crippen LogP contribution in [0.3, 0.4) is 0 Å². The molecule has 0 unspecified atom stereocenters. The summed E-state index contributed by atoms with van der Waals surface area (Å²) in [4.78, 5) is 13.9. The van der Waals surface area contributed by atoms with Crippen molar-refractivity contribution in [2.24, 2.45) is 0 Å². The topological polar surface area (TPSA) is 72.8 Å². The highest BCUT2D eigenvalue weighted by Crippen LogP contribution is 2.17. The van der Waals surface area contributed by atoms with E-state index in [2.05, 4.69) is 5.23 Å². The number of amides is 1. The van der Waals surface area contributed by atoms with E-state index >= 15 is 0 Å². The molecule has 1 aromatic carbocycles. The van der Waals surface area contributed by atoms with Crippen molar-refractivity contribution in [1.29, 1.82) is 0 Å². The second kappa shape index (κ2) is 5.41. The first-order valence-electron chi connectivity index (χ1n) is 6.08. The van der Waals surface area contributed by atoms with Crippen LogP contribution < -0.4 is 5.23 Å². The molecule has 0 radical (unpaired) electrons. The van der Waals surface area contributed by atoms with Crippen molar-refractivity contribution >= 4 is 13.0 Å². The Morgan fingerprint density at radius 3 is 3.00 bits per heavy atom. The van der Waals surface area contributed by atoms with Gasteiger partial charge in [0.2, 0.25) is 0 Å². The number of hydrogen-bond acceptors (Lipinski definition) is 4. The van der Waals surface area contributed by atoms with Gasteiger partial charge in [0.15, 0.2) is 0 Å². The maximum Gasteiger partial charge on any atom is 0.373 e. The summed E-state index contributed by atoms with van der Waals surface area (Å²) in [6.07, 6.45) is 0.829. The van der Waals surface area contributed by atoms with Gasteiger partial charge in [-0.05, 0) is 31.4 Å². The molecule has 1 aromatic rings. The van der Waals surface area contributed by atoms with Crippen LogP contribution in [0.1, 0.15) is 16.8 Å². The van der Waals surface area contributed by atoms with E-state index in [0.29, 0.717) is 18.7 Å². The molecule has 1 atom stereocenters. The van der Waals surface area contributed by atoms with Gasteiger partial charge in [-0.2, -0.15) is 0 Å². The van der Waals surface area contributed by atoms with Crippen molar-refractivity contribution < 1.29 is 14.9 Å². The molecule has 96 valence electrons. The van der Waals surface area contributed by atoms with Crippen LogP contribution in [0.4, 0.5) is 0 Å². The van der Waals surface area contributed by atoms with Crippen molar-refractivity contribution in [3.8, 4) is 5.75 Å². The lowest BCUT2D eigenvalue weighted by molar-refractivity contribution is 0.0789. The van der Waals surface area contributed by atoms with Crippen LogP contribution >= 0.6 is 0 Å². The van der Waals surface area contributed by atoms with Gasteiger partial charge in [-0.3, -0.25) is 4.79 Å². The average molecular weight is 248 g/mol. The molecule has 18 heavy (non-hydrogen) atoms. The highest BCUT2D eigenvalue weighted by Gasteiger charge is 2.27. The molecule has 1 aliphatic heterocycles. The number of phenols is 1. The number of phenolic OH excluding ortho intramolecular Hbond substituents is 1. The minimum atomic E-state index is -0.564. The van der Waals surface area contributed by atoms with Crippen molar-refractivity contribution in [1.82, 2.24) is 10.1 Å². The zero-order valence-corrected chi connectivity index (χ0v) is 10.3. The fourth-order valence-electron chi connectivity index (χ4n) is 2.24. The molecule has 1 fully saturated rings. The van der Waals surface area contributed by atoms with E-state index in [0.717, 1.165) is 6.42 Å². The summed E-state index contributed by atoms with van der Waals surface area (Å²) in [7, 11) is -0.564. The van der Waals surface area contributed by atoms with Crippen molar-refractivity contribution in [2.75, 3.05) is 13.1 Å². The first-order valence-corrected chi connectivity index (χ1v) is 6.08. The molecular formula is C12H17BN2O3. The SMILES string of the molecule is CB(O)N[C@H]1CCN(C(=O)c2cccc(O)c2)C1. The van der Waals surface area contributed by atoms with Gasteiger partial charge in [-0.15, -0.1) is 0 Å². The van der Waals surface area contributed by atoms with Gasteiger partial charge < -0.3 is 20.3 Å². The highest BCUT2D eigenvalue weighted by atomic mass is 16.3. The predicted molar refractivity (Wildman–Crippen MR) is 69.4 cm³/mol. The van der Waals surface area contributed by atoms with Crippen LogP contribution in [0.15, 0.2) is 24.3 Å². The van der Waals surface area contributed by atoms with Crippen molar-refractivity contribution in [3.63, 3.8) is 0 Å². The second-order valence-corrected chi connectivity index (χ2v) is 4.63. The molecule has 0 aliphatic carbocycles. The standard InChI is InChI=1S/C12H17BN2O3/c1-13(18)14-10-5-6-15(8-10)12(17)9-3-2-4-11(16)7-9/h2-4,7,10,14,16,18H,5-6,8H2,1H3/t10-/m0/s1. The third-order valence-corrected chi connectivity index (χ3v) is 3.05. The minimum Gasteiger partial charge on any atom is -0.508 e. The highest BCUT2D eigenvalue weighted by molar-refractivity contribution is 6.45. The quantitative estimate of drug-likeness (QED) is 0.673. The molecular weight excluding hydrogens is 231 g/mol. The molecule has 0 aromatic heterocycles. The summed E-state index contributed by atoms with van der Waals surface area (Å²) in [5.74, 6) is 0.0134. The number of likely N-dealkylation sites (tertiary alicyclic amines) is 1. The maximum absolute atomic E-state index is 12.2. The smallest absolute Gasteiger partial charge is 0.373 e. The van der Waals surface area contributed by atoms with Gasteiger partial charge in [0.1, 0.15) is 5.75 Å². The Morgan fingerprint density at radius 1 is 1.56 bits per heavy atom. The number of carbonyl (C=O) groups excluding carboxylic acids is 1. The van der Waals surface area contributed by atoms with Crippen LogP contribution in [0.5, 0.6) is 5.75 Å². The normalized spacial score (nSPS) is 19.0. The fourth-order valence-corrected chi connectivity index (χ4v) is 2.24. The van der Waals surface area contributed by atoms with E-state index in [1.54, 1.807) is 29.9 Å². The first kappa shape index (κ1) is 12.9. The molecule has 1 aliphatic rings. The molecule has 0 bridgehead atoms.